The van der Waals surface area contributed by atoms with E-state index in [2.05, 4.69) is 38.7 Å². The van der Waals surface area contributed by atoms with E-state index in [-0.39, 0.29) is 11.3 Å². The van der Waals surface area contributed by atoms with Crippen LogP contribution in [-0.2, 0) is 4.79 Å². The molecule has 1 heterocycles. The molecule has 8 atom stereocenters. The molecule has 0 spiro atoms. The molecule has 4 aliphatic rings. The van der Waals surface area contributed by atoms with Crippen LogP contribution in [0.3, 0.4) is 0 Å². The summed E-state index contributed by atoms with van der Waals surface area (Å²) in [5.74, 6) is 4.43. The molecule has 3 fully saturated rings. The smallest absolute Gasteiger partial charge is 0.246 e. The van der Waals surface area contributed by atoms with E-state index in [1.54, 1.807) is 0 Å². The Morgan fingerprint density at radius 3 is 2.69 bits per heavy atom. The van der Waals surface area contributed by atoms with Crippen molar-refractivity contribution in [1.82, 2.24) is 4.90 Å². The van der Waals surface area contributed by atoms with Crippen molar-refractivity contribution < 1.29 is 4.79 Å². The highest BCUT2D eigenvalue weighted by Crippen LogP contribution is 2.67. The first-order chi connectivity index (χ1) is 12.3. The van der Waals surface area contributed by atoms with Gasteiger partial charge in [-0.25, -0.2) is 0 Å². The summed E-state index contributed by atoms with van der Waals surface area (Å²) >= 11 is 0. The van der Waals surface area contributed by atoms with Crippen LogP contribution < -0.4 is 0 Å². The minimum Gasteiger partial charge on any atom is -0.338 e. The third kappa shape index (κ3) is 2.46. The number of rotatable bonds is 3. The van der Waals surface area contributed by atoms with Crippen molar-refractivity contribution in [2.75, 3.05) is 7.05 Å². The van der Waals surface area contributed by atoms with Crippen molar-refractivity contribution >= 4 is 5.91 Å². The lowest BCUT2D eigenvalue weighted by Gasteiger charge is -2.62. The second-order valence-electron chi connectivity index (χ2n) is 10.6. The highest BCUT2D eigenvalue weighted by Gasteiger charge is 2.61. The maximum absolute atomic E-state index is 12.3. The molecule has 0 aromatic rings. The molecule has 1 aliphatic heterocycles. The number of fused-ring (bicyclic) bond motifs is 5. The Kier molecular flexibility index (Phi) is 4.56. The second-order valence-corrected chi connectivity index (χ2v) is 10.6. The van der Waals surface area contributed by atoms with Gasteiger partial charge < -0.3 is 4.90 Å². The quantitative estimate of drug-likeness (QED) is 0.636. The van der Waals surface area contributed by atoms with E-state index in [0.29, 0.717) is 11.5 Å². The molecule has 26 heavy (non-hydrogen) atoms. The highest BCUT2D eigenvalue weighted by molar-refractivity contribution is 5.89. The van der Waals surface area contributed by atoms with Crippen LogP contribution >= 0.6 is 0 Å². The zero-order chi connectivity index (χ0) is 18.7. The fourth-order valence-electron chi connectivity index (χ4n) is 8.09. The molecule has 146 valence electrons. The van der Waals surface area contributed by atoms with E-state index >= 15 is 0 Å². The van der Waals surface area contributed by atoms with Gasteiger partial charge in [-0.1, -0.05) is 46.6 Å². The maximum Gasteiger partial charge on any atom is 0.246 e. The number of unbranched alkanes of at least 4 members (excludes halogenated alkanes) is 1. The van der Waals surface area contributed by atoms with E-state index in [4.69, 9.17) is 0 Å². The fraction of sp³-hybridized carbons (Fsp3) is 0.875. The largest absolute Gasteiger partial charge is 0.338 e. The summed E-state index contributed by atoms with van der Waals surface area (Å²) in [5.41, 5.74) is 0.760. The zero-order valence-corrected chi connectivity index (χ0v) is 17.6. The van der Waals surface area contributed by atoms with Crippen LogP contribution in [0.15, 0.2) is 12.2 Å². The number of carbonyl (C=O) groups is 1. The van der Waals surface area contributed by atoms with Crippen LogP contribution in [0.2, 0.25) is 0 Å². The highest BCUT2D eigenvalue weighted by atomic mass is 16.2. The Hall–Kier alpha value is -0.790. The molecule has 0 radical (unpaired) electrons. The third-order valence-corrected chi connectivity index (χ3v) is 9.60. The van der Waals surface area contributed by atoms with Gasteiger partial charge in [-0.15, -0.1) is 0 Å². The molecule has 3 aliphatic carbocycles. The summed E-state index contributed by atoms with van der Waals surface area (Å²) in [5, 5.41) is 0. The topological polar surface area (TPSA) is 20.3 Å². The number of nitrogens with zero attached hydrogens (tertiary/aromatic N) is 1. The van der Waals surface area contributed by atoms with Crippen LogP contribution in [0, 0.1) is 40.4 Å². The van der Waals surface area contributed by atoms with Crippen molar-refractivity contribution in [1.29, 1.82) is 0 Å². The minimum absolute atomic E-state index is 0.183. The number of likely N-dealkylation sites (N-methyl/N-ethyl adjacent to an activating group) is 1. The number of hydrogen-bond acceptors (Lipinski definition) is 1. The first-order valence-electron chi connectivity index (χ1n) is 11.3. The van der Waals surface area contributed by atoms with Gasteiger partial charge in [0.2, 0.25) is 5.91 Å². The number of hydrogen-bond donors (Lipinski definition) is 0. The summed E-state index contributed by atoms with van der Waals surface area (Å²) in [6, 6.07) is 0.401. The Balaban J connectivity index is 1.65. The molecule has 1 amide bonds. The molecule has 0 N–H and O–H groups in total. The molecule has 0 aromatic heterocycles. The summed E-state index contributed by atoms with van der Waals surface area (Å²) in [7, 11) is 2.03. The van der Waals surface area contributed by atoms with Gasteiger partial charge in [0.05, 0.1) is 0 Å². The second kappa shape index (κ2) is 6.38. The van der Waals surface area contributed by atoms with Gasteiger partial charge in [0, 0.05) is 18.5 Å². The van der Waals surface area contributed by atoms with E-state index in [0.717, 1.165) is 29.6 Å². The lowest BCUT2D eigenvalue weighted by atomic mass is 9.45. The maximum atomic E-state index is 12.3. The van der Waals surface area contributed by atoms with Gasteiger partial charge in [-0.2, -0.15) is 0 Å². The first kappa shape index (κ1) is 18.6. The lowest BCUT2D eigenvalue weighted by Crippen LogP contribution is -2.61. The standard InChI is InChI=1S/C24H39NO/c1-6-7-8-17-9-10-18-22-16(2)15-20-24(4,14-12-21(26)25(20)5)19(22)11-13-23(17,18)3/h12,14,16-20,22H,6-11,13,15H2,1-5H3/t16?,17?,18-,19+,20?,22-,23+,24+/m0/s1. The van der Waals surface area contributed by atoms with Crippen LogP contribution in [-0.4, -0.2) is 23.9 Å². The Bertz CT molecular complexity index is 597. The zero-order valence-electron chi connectivity index (χ0n) is 17.6. The molecule has 3 unspecified atom stereocenters. The Morgan fingerprint density at radius 1 is 1.19 bits per heavy atom. The summed E-state index contributed by atoms with van der Waals surface area (Å²) in [6.07, 6.45) is 15.3. The van der Waals surface area contributed by atoms with Crippen molar-refractivity contribution in [3.8, 4) is 0 Å². The lowest BCUT2D eigenvalue weighted by molar-refractivity contribution is -0.144. The summed E-state index contributed by atoms with van der Waals surface area (Å²) in [4.78, 5) is 14.3. The Labute approximate surface area is 160 Å². The van der Waals surface area contributed by atoms with Crippen molar-refractivity contribution in [2.24, 2.45) is 40.4 Å². The molecule has 4 rings (SSSR count). The van der Waals surface area contributed by atoms with E-state index < -0.39 is 0 Å². The molecule has 0 aromatic carbocycles. The molecular formula is C24H39NO. The average molecular weight is 358 g/mol. The van der Waals surface area contributed by atoms with Gasteiger partial charge in [0.25, 0.3) is 0 Å². The summed E-state index contributed by atoms with van der Waals surface area (Å²) < 4.78 is 0. The van der Waals surface area contributed by atoms with Gasteiger partial charge >= 0.3 is 0 Å². The van der Waals surface area contributed by atoms with E-state index in [9.17, 15) is 4.79 Å². The average Bonchev–Trinajstić information content (AvgIpc) is 2.95. The SMILES string of the molecule is CCCCC1CC[C@H]2[C@@H]3C(C)CC4N(C)C(=O)C=C[C@]4(C)[C@@H]3CC[C@]12C. The molecule has 3 saturated carbocycles. The van der Waals surface area contributed by atoms with E-state index in [1.807, 2.05) is 13.1 Å². The summed E-state index contributed by atoms with van der Waals surface area (Å²) in [6.45, 7) is 9.95. The van der Waals surface area contributed by atoms with Gasteiger partial charge in [-0.3, -0.25) is 4.79 Å². The van der Waals surface area contributed by atoms with Crippen molar-refractivity contribution in [3.05, 3.63) is 12.2 Å². The van der Waals surface area contributed by atoms with Crippen LogP contribution in [0.25, 0.3) is 0 Å². The van der Waals surface area contributed by atoms with Gasteiger partial charge in [0.1, 0.15) is 0 Å². The number of carbonyl (C=O) groups excluding carboxylic acids is 1. The molecule has 0 saturated heterocycles. The van der Waals surface area contributed by atoms with Crippen molar-refractivity contribution in [2.45, 2.75) is 85.1 Å². The van der Waals surface area contributed by atoms with E-state index in [1.165, 1.54) is 51.4 Å². The predicted molar refractivity (Wildman–Crippen MR) is 108 cm³/mol. The minimum atomic E-state index is 0.183. The fourth-order valence-corrected chi connectivity index (χ4v) is 8.09. The molecule has 2 heteroatoms. The van der Waals surface area contributed by atoms with Crippen LogP contribution in [0.5, 0.6) is 0 Å². The molecule has 2 nitrogen and oxygen atoms in total. The normalized spacial score (nSPS) is 50.3. The van der Waals surface area contributed by atoms with Crippen LogP contribution in [0.1, 0.15) is 79.1 Å². The first-order valence-corrected chi connectivity index (χ1v) is 11.3. The van der Waals surface area contributed by atoms with Gasteiger partial charge in [0.15, 0.2) is 0 Å². The molecule has 0 bridgehead atoms. The van der Waals surface area contributed by atoms with Gasteiger partial charge in [-0.05, 0) is 79.6 Å². The molecular weight excluding hydrogens is 318 g/mol. The number of amides is 1. The van der Waals surface area contributed by atoms with Crippen molar-refractivity contribution in [3.63, 3.8) is 0 Å². The van der Waals surface area contributed by atoms with Crippen LogP contribution in [0.4, 0.5) is 0 Å². The Morgan fingerprint density at radius 2 is 1.96 bits per heavy atom. The predicted octanol–water partition coefficient (Wildman–Crippen LogP) is 5.68. The third-order valence-electron chi connectivity index (χ3n) is 9.60. The monoisotopic (exact) mass is 357 g/mol.